The highest BCUT2D eigenvalue weighted by Gasteiger charge is 2.80. The van der Waals surface area contributed by atoms with Crippen LogP contribution in [0, 0.1) is 45.3 Å². The largest absolute Gasteiger partial charge is 0.400 e. The molecule has 5 saturated carbocycles. The Morgan fingerprint density at radius 3 is 2.38 bits per heavy atom. The molecule has 7 heteroatoms. The Bertz CT molecular complexity index is 987. The van der Waals surface area contributed by atoms with Crippen LogP contribution in [0.25, 0.3) is 0 Å². The van der Waals surface area contributed by atoms with Gasteiger partial charge in [-0.25, -0.2) is 0 Å². The standard InChI is InChI=1S/C35H60N2O4.C2H6.CH4O/c1-9-24(20-36(7)8)40-25-18-27-26-10-11-28-32(4,5)29(41-30-21-37(16-17-39-30)31(38)23(2)3)12-13-35(28)22-34(26,35)15-14-33(27,6)19-25;2*1-2/h23-30H,9-22H2,1-8H3;1-2H3;2H,1H3/t24-,25-,26+,27?,28?,29+,30?,33-,34+,35-;;/m1../s1. The lowest BCUT2D eigenvalue weighted by Crippen LogP contribution is -2.56. The number of likely N-dealkylation sites (N-methyl/N-ethyl adjacent to an activating group) is 1. The summed E-state index contributed by atoms with van der Waals surface area (Å²) in [5.74, 6) is 2.67. The van der Waals surface area contributed by atoms with Crippen LogP contribution in [-0.2, 0) is 19.0 Å². The van der Waals surface area contributed by atoms with Crippen molar-refractivity contribution in [1.82, 2.24) is 9.80 Å². The molecule has 10 atom stereocenters. The van der Waals surface area contributed by atoms with Crippen molar-refractivity contribution in [3.05, 3.63) is 0 Å². The maximum atomic E-state index is 12.7. The topological polar surface area (TPSA) is 71.5 Å². The Kier molecular flexibility index (Phi) is 11.9. The van der Waals surface area contributed by atoms with Gasteiger partial charge in [0, 0.05) is 26.1 Å². The van der Waals surface area contributed by atoms with E-state index in [1.807, 2.05) is 32.6 Å². The fourth-order valence-corrected chi connectivity index (χ4v) is 11.6. The number of amides is 1. The highest BCUT2D eigenvalue weighted by Crippen LogP contribution is 2.86. The van der Waals surface area contributed by atoms with Crippen LogP contribution >= 0.6 is 0 Å². The Hall–Kier alpha value is -0.730. The molecule has 0 aromatic rings. The minimum Gasteiger partial charge on any atom is -0.400 e. The highest BCUT2D eigenvalue weighted by molar-refractivity contribution is 5.78. The number of carbonyl (C=O) groups excluding carboxylic acids is 1. The molecule has 2 spiro atoms. The molecule has 6 aliphatic rings. The van der Waals surface area contributed by atoms with E-state index in [2.05, 4.69) is 46.7 Å². The molecule has 7 nitrogen and oxygen atoms in total. The summed E-state index contributed by atoms with van der Waals surface area (Å²) in [6.07, 6.45) is 13.8. The second kappa shape index (κ2) is 14.4. The fourth-order valence-electron chi connectivity index (χ4n) is 11.6. The lowest BCUT2D eigenvalue weighted by Gasteiger charge is -2.59. The van der Waals surface area contributed by atoms with Gasteiger partial charge in [-0.3, -0.25) is 4.79 Å². The van der Waals surface area contributed by atoms with Crippen LogP contribution in [0.2, 0.25) is 0 Å². The van der Waals surface area contributed by atoms with Crippen LogP contribution in [0.15, 0.2) is 0 Å². The third-order valence-electron chi connectivity index (χ3n) is 13.5. The molecule has 0 aromatic carbocycles. The highest BCUT2D eigenvalue weighted by atomic mass is 16.7. The van der Waals surface area contributed by atoms with Crippen LogP contribution in [-0.4, -0.2) is 92.9 Å². The van der Waals surface area contributed by atoms with E-state index >= 15 is 0 Å². The molecule has 1 N–H and O–H groups in total. The minimum atomic E-state index is -0.292. The molecule has 0 aromatic heterocycles. The molecule has 1 aliphatic heterocycles. The first-order valence-electron chi connectivity index (χ1n) is 18.7. The van der Waals surface area contributed by atoms with Gasteiger partial charge in [0.15, 0.2) is 6.29 Å². The van der Waals surface area contributed by atoms with Crippen molar-refractivity contribution < 1.29 is 24.1 Å². The van der Waals surface area contributed by atoms with Gasteiger partial charge in [-0.2, -0.15) is 0 Å². The predicted octanol–water partition coefficient (Wildman–Crippen LogP) is 7.01. The van der Waals surface area contributed by atoms with Crippen LogP contribution in [0.3, 0.4) is 0 Å². The number of aliphatic hydroxyl groups is 1. The zero-order valence-corrected chi connectivity index (χ0v) is 31.0. The average Bonchev–Trinajstić information content (AvgIpc) is 3.57. The molecule has 3 unspecified atom stereocenters. The third-order valence-corrected chi connectivity index (χ3v) is 13.5. The smallest absolute Gasteiger partial charge is 0.225 e. The van der Waals surface area contributed by atoms with Crippen molar-refractivity contribution in [2.24, 2.45) is 45.3 Å². The first-order valence-corrected chi connectivity index (χ1v) is 18.7. The van der Waals surface area contributed by atoms with Gasteiger partial charge in [-0.05, 0) is 118 Å². The van der Waals surface area contributed by atoms with E-state index < -0.39 is 0 Å². The van der Waals surface area contributed by atoms with Gasteiger partial charge < -0.3 is 29.1 Å². The summed E-state index contributed by atoms with van der Waals surface area (Å²) >= 11 is 0. The Labute approximate surface area is 276 Å². The lowest BCUT2D eigenvalue weighted by molar-refractivity contribution is -0.244. The molecule has 0 radical (unpaired) electrons. The summed E-state index contributed by atoms with van der Waals surface area (Å²) in [5.41, 5.74) is 1.67. The first kappa shape index (κ1) is 37.1. The van der Waals surface area contributed by atoms with Gasteiger partial charge in [0.05, 0.1) is 31.5 Å². The van der Waals surface area contributed by atoms with Crippen molar-refractivity contribution in [1.29, 1.82) is 0 Å². The van der Waals surface area contributed by atoms with Crippen molar-refractivity contribution in [3.8, 4) is 0 Å². The minimum absolute atomic E-state index is 0.0196. The van der Waals surface area contributed by atoms with Gasteiger partial charge in [-0.1, -0.05) is 55.4 Å². The van der Waals surface area contributed by atoms with Crippen molar-refractivity contribution in [3.63, 3.8) is 0 Å². The zero-order valence-electron chi connectivity index (χ0n) is 31.0. The first-order chi connectivity index (χ1) is 21.3. The number of carbonyl (C=O) groups is 1. The monoisotopic (exact) mass is 635 g/mol. The molecule has 6 fully saturated rings. The van der Waals surface area contributed by atoms with Crippen LogP contribution in [0.1, 0.15) is 120 Å². The van der Waals surface area contributed by atoms with Crippen molar-refractivity contribution in [2.75, 3.05) is 47.4 Å². The zero-order chi connectivity index (χ0) is 33.4. The van der Waals surface area contributed by atoms with E-state index in [0.29, 0.717) is 48.1 Å². The van der Waals surface area contributed by atoms with E-state index in [9.17, 15) is 4.79 Å². The summed E-state index contributed by atoms with van der Waals surface area (Å²) in [6.45, 7) is 20.7. The van der Waals surface area contributed by atoms with Crippen molar-refractivity contribution in [2.45, 2.75) is 144 Å². The number of ether oxygens (including phenoxy) is 3. The van der Waals surface area contributed by atoms with Crippen LogP contribution < -0.4 is 0 Å². The van der Waals surface area contributed by atoms with Gasteiger partial charge >= 0.3 is 0 Å². The van der Waals surface area contributed by atoms with E-state index in [-0.39, 0.29) is 29.6 Å². The molecule has 262 valence electrons. The van der Waals surface area contributed by atoms with Crippen LogP contribution in [0.4, 0.5) is 0 Å². The molecule has 1 heterocycles. The fraction of sp³-hybridized carbons (Fsp3) is 0.974. The van der Waals surface area contributed by atoms with Gasteiger partial charge in [0.1, 0.15) is 0 Å². The Morgan fingerprint density at radius 1 is 1.02 bits per heavy atom. The number of rotatable bonds is 8. The summed E-state index contributed by atoms with van der Waals surface area (Å²) in [6, 6.07) is 0. The number of fused-ring (bicyclic) bond motifs is 2. The van der Waals surface area contributed by atoms with E-state index in [1.54, 1.807) is 0 Å². The Balaban J connectivity index is 0.00000111. The second-order valence-electron chi connectivity index (χ2n) is 16.7. The van der Waals surface area contributed by atoms with Gasteiger partial charge in [-0.15, -0.1) is 0 Å². The van der Waals surface area contributed by atoms with E-state index in [0.717, 1.165) is 44.2 Å². The van der Waals surface area contributed by atoms with Crippen LogP contribution in [0.5, 0.6) is 0 Å². The number of nitrogens with zero attached hydrogens (tertiary/aromatic N) is 2. The molecular formula is C38H70N2O5. The summed E-state index contributed by atoms with van der Waals surface area (Å²) in [7, 11) is 5.34. The van der Waals surface area contributed by atoms with Crippen molar-refractivity contribution >= 4 is 5.91 Å². The van der Waals surface area contributed by atoms with E-state index in [4.69, 9.17) is 19.3 Å². The maximum Gasteiger partial charge on any atom is 0.225 e. The molecule has 5 aliphatic carbocycles. The second-order valence-corrected chi connectivity index (χ2v) is 16.7. The van der Waals surface area contributed by atoms with Gasteiger partial charge in [0.2, 0.25) is 5.91 Å². The lowest BCUT2D eigenvalue weighted by atomic mass is 9.47. The SMILES string of the molecule is CC.CC[C@H](CN(C)C)O[C@@H]1CC2[C@@H]3CCC4C(C)(C)[C@@H](OC5CN(C(=O)C(C)C)CCO5)CC[C@@]45C[C@@]35CC[C@]2(C)C1.CO. The normalized spacial score (nSPS) is 41.8. The number of morpholine rings is 1. The molecule has 6 rings (SSSR count). The maximum absolute atomic E-state index is 12.7. The summed E-state index contributed by atoms with van der Waals surface area (Å²) in [5, 5.41) is 7.00. The van der Waals surface area contributed by atoms with E-state index in [1.165, 1.54) is 51.4 Å². The van der Waals surface area contributed by atoms with Gasteiger partial charge in [0.25, 0.3) is 0 Å². The quantitative estimate of drug-likeness (QED) is 0.310. The average molecular weight is 635 g/mol. The summed E-state index contributed by atoms with van der Waals surface area (Å²) in [4.78, 5) is 16.9. The number of hydrogen-bond acceptors (Lipinski definition) is 6. The molecular weight excluding hydrogens is 564 g/mol. The molecule has 1 saturated heterocycles. The Morgan fingerprint density at radius 2 is 1.73 bits per heavy atom. The molecule has 45 heavy (non-hydrogen) atoms. The number of hydrogen-bond donors (Lipinski definition) is 1. The predicted molar refractivity (Wildman–Crippen MR) is 182 cm³/mol. The summed E-state index contributed by atoms with van der Waals surface area (Å²) < 4.78 is 19.7. The third kappa shape index (κ3) is 6.65. The molecule has 0 bridgehead atoms. The molecule has 1 amide bonds. The number of aliphatic hydroxyl groups excluding tert-OH is 1.